The number of hydrogen-bond donors (Lipinski definition) is 0. The van der Waals surface area contributed by atoms with Gasteiger partial charge >= 0.3 is 0 Å². The molecule has 126 valence electrons. The average Bonchev–Trinajstić information content (AvgIpc) is 2.88. The minimum Gasteiger partial charge on any atom is -0.293 e. The molecule has 1 atom stereocenters. The second kappa shape index (κ2) is 6.61. The molecule has 0 amide bonds. The maximum atomic E-state index is 12.4. The van der Waals surface area contributed by atoms with E-state index in [1.807, 2.05) is 43.3 Å². The highest BCUT2D eigenvalue weighted by Gasteiger charge is 2.32. The molecule has 0 aromatic heterocycles. The number of fused-ring (bicyclic) bond motifs is 1. The van der Waals surface area contributed by atoms with Gasteiger partial charge in [-0.1, -0.05) is 18.2 Å². The second-order valence-electron chi connectivity index (χ2n) is 5.98. The van der Waals surface area contributed by atoms with Crippen LogP contribution in [0, 0.1) is 0 Å². The zero-order valence-corrected chi connectivity index (χ0v) is 15.2. The molecule has 1 aliphatic heterocycles. The molecule has 0 radical (unpaired) electrons. The lowest BCUT2D eigenvalue weighted by Crippen LogP contribution is -2.34. The molecule has 1 heterocycles. The fraction of sp³-hybridized carbons (Fsp3) is 0.278. The second-order valence-corrected chi connectivity index (χ2v) is 8.89. The fourth-order valence-corrected chi connectivity index (χ4v) is 5.11. The minimum atomic E-state index is -3.30. The third kappa shape index (κ3) is 3.49. The van der Waals surface area contributed by atoms with Crippen LogP contribution in [0.5, 0.6) is 0 Å². The molecule has 0 fully saturated rings. The monoisotopic (exact) mass is 361 g/mol. The van der Waals surface area contributed by atoms with Crippen LogP contribution in [0.2, 0.25) is 0 Å². The minimum absolute atomic E-state index is 0.0529. The van der Waals surface area contributed by atoms with Gasteiger partial charge in [0.2, 0.25) is 10.0 Å². The molecule has 0 saturated heterocycles. The number of hydrogen-bond acceptors (Lipinski definition) is 4. The molecule has 0 saturated carbocycles. The average molecular weight is 361 g/mol. The fourth-order valence-electron chi connectivity index (χ4n) is 3.03. The van der Waals surface area contributed by atoms with Gasteiger partial charge in [0.25, 0.3) is 0 Å². The van der Waals surface area contributed by atoms with Crippen LogP contribution in [-0.2, 0) is 16.4 Å². The maximum Gasteiger partial charge on any atom is 0.232 e. The predicted octanol–water partition coefficient (Wildman–Crippen LogP) is 3.37. The summed E-state index contributed by atoms with van der Waals surface area (Å²) >= 11 is 1.51. The van der Waals surface area contributed by atoms with Crippen LogP contribution in [0.3, 0.4) is 0 Å². The van der Waals surface area contributed by atoms with Crippen molar-refractivity contribution in [2.24, 2.45) is 0 Å². The summed E-state index contributed by atoms with van der Waals surface area (Å²) in [7, 11) is -3.30. The summed E-state index contributed by atoms with van der Waals surface area (Å²) in [6, 6.07) is 15.0. The van der Waals surface area contributed by atoms with Gasteiger partial charge in [-0.3, -0.25) is 9.10 Å². The number of ketones is 1. The highest BCUT2D eigenvalue weighted by Crippen LogP contribution is 2.35. The van der Waals surface area contributed by atoms with Crippen LogP contribution < -0.4 is 4.31 Å². The lowest BCUT2D eigenvalue weighted by atomic mass is 10.0. The van der Waals surface area contributed by atoms with Gasteiger partial charge in [0.15, 0.2) is 5.78 Å². The number of thioether (sulfide) groups is 1. The Kier molecular flexibility index (Phi) is 4.69. The predicted molar refractivity (Wildman–Crippen MR) is 98.4 cm³/mol. The Balaban J connectivity index is 1.77. The number of anilines is 1. The van der Waals surface area contributed by atoms with Crippen molar-refractivity contribution in [2.75, 3.05) is 16.3 Å². The third-order valence-corrected chi connectivity index (χ3v) is 6.31. The van der Waals surface area contributed by atoms with Gasteiger partial charge in [-0.15, -0.1) is 11.8 Å². The zero-order valence-electron chi connectivity index (χ0n) is 13.6. The summed E-state index contributed by atoms with van der Waals surface area (Å²) in [4.78, 5) is 13.5. The van der Waals surface area contributed by atoms with Crippen molar-refractivity contribution in [3.05, 3.63) is 59.7 Å². The van der Waals surface area contributed by atoms with Crippen molar-refractivity contribution in [2.45, 2.75) is 24.3 Å². The van der Waals surface area contributed by atoms with Crippen LogP contribution in [0.4, 0.5) is 5.69 Å². The van der Waals surface area contributed by atoms with E-state index in [-0.39, 0.29) is 11.8 Å². The summed E-state index contributed by atoms with van der Waals surface area (Å²) < 4.78 is 25.3. The lowest BCUT2D eigenvalue weighted by molar-refractivity contribution is 0.102. The van der Waals surface area contributed by atoms with E-state index < -0.39 is 10.0 Å². The van der Waals surface area contributed by atoms with Gasteiger partial charge in [0, 0.05) is 16.5 Å². The van der Waals surface area contributed by atoms with E-state index >= 15 is 0 Å². The molecule has 0 N–H and O–H groups in total. The Morgan fingerprint density at radius 2 is 1.92 bits per heavy atom. The van der Waals surface area contributed by atoms with Crippen LogP contribution in [0.15, 0.2) is 53.4 Å². The Morgan fingerprint density at radius 1 is 1.21 bits per heavy atom. The van der Waals surface area contributed by atoms with Gasteiger partial charge in [0.1, 0.15) is 0 Å². The number of Topliss-reactive ketones (excluding diaryl/α,β-unsaturated/α-hetero) is 1. The summed E-state index contributed by atoms with van der Waals surface area (Å²) in [5.41, 5.74) is 2.25. The summed E-state index contributed by atoms with van der Waals surface area (Å²) in [6.07, 6.45) is 1.85. The van der Waals surface area contributed by atoms with Crippen molar-refractivity contribution in [3.63, 3.8) is 0 Å². The molecule has 6 heteroatoms. The van der Waals surface area contributed by atoms with Crippen LogP contribution in [0.1, 0.15) is 22.8 Å². The summed E-state index contributed by atoms with van der Waals surface area (Å²) in [5.74, 6) is 0.422. The first-order valence-electron chi connectivity index (χ1n) is 7.69. The van der Waals surface area contributed by atoms with E-state index in [1.54, 1.807) is 12.1 Å². The Bertz CT molecular complexity index is 863. The largest absolute Gasteiger partial charge is 0.293 e. The number of carbonyl (C=O) groups is 1. The van der Waals surface area contributed by atoms with E-state index in [1.165, 1.54) is 22.3 Å². The molecule has 2 aromatic carbocycles. The molecule has 0 spiro atoms. The summed E-state index contributed by atoms with van der Waals surface area (Å²) in [6.45, 7) is 1.88. The number of sulfonamides is 1. The van der Waals surface area contributed by atoms with E-state index in [0.29, 0.717) is 23.4 Å². The molecule has 3 rings (SSSR count). The van der Waals surface area contributed by atoms with Crippen molar-refractivity contribution >= 4 is 33.3 Å². The van der Waals surface area contributed by atoms with Crippen LogP contribution in [0.25, 0.3) is 0 Å². The Hall–Kier alpha value is -1.79. The van der Waals surface area contributed by atoms with E-state index in [9.17, 15) is 13.2 Å². The highest BCUT2D eigenvalue weighted by atomic mass is 32.2. The third-order valence-electron chi connectivity index (χ3n) is 4.02. The first-order chi connectivity index (χ1) is 11.4. The SMILES string of the molecule is C[C@@H]1Cc2cc(C(=O)CSc3ccccc3)ccc2N1S(C)(=O)=O. The van der Waals surface area contributed by atoms with Crippen molar-refractivity contribution in [1.29, 1.82) is 0 Å². The Morgan fingerprint density at radius 3 is 2.58 bits per heavy atom. The zero-order chi connectivity index (χ0) is 17.3. The van der Waals surface area contributed by atoms with E-state index in [4.69, 9.17) is 0 Å². The van der Waals surface area contributed by atoms with Crippen molar-refractivity contribution < 1.29 is 13.2 Å². The first-order valence-corrected chi connectivity index (χ1v) is 10.5. The highest BCUT2D eigenvalue weighted by molar-refractivity contribution is 8.00. The molecule has 1 aliphatic rings. The van der Waals surface area contributed by atoms with Gasteiger partial charge in [0.05, 0.1) is 17.7 Å². The smallest absolute Gasteiger partial charge is 0.232 e. The number of rotatable bonds is 5. The quantitative estimate of drug-likeness (QED) is 0.605. The van der Waals surface area contributed by atoms with E-state index in [0.717, 1.165) is 10.5 Å². The number of carbonyl (C=O) groups excluding carboxylic acids is 1. The molecular weight excluding hydrogens is 342 g/mol. The molecule has 0 unspecified atom stereocenters. The van der Waals surface area contributed by atoms with Gasteiger partial charge in [-0.2, -0.15) is 0 Å². The maximum absolute atomic E-state index is 12.4. The first kappa shape index (κ1) is 17.0. The summed E-state index contributed by atoms with van der Waals surface area (Å²) in [5, 5.41) is 0. The van der Waals surface area contributed by atoms with Crippen LogP contribution in [-0.4, -0.2) is 32.3 Å². The normalized spacial score (nSPS) is 16.9. The number of nitrogens with zero attached hydrogens (tertiary/aromatic N) is 1. The number of benzene rings is 2. The molecular formula is C18H19NO3S2. The van der Waals surface area contributed by atoms with Gasteiger partial charge in [-0.05, 0) is 49.2 Å². The lowest BCUT2D eigenvalue weighted by Gasteiger charge is -2.21. The van der Waals surface area contributed by atoms with Crippen molar-refractivity contribution in [3.8, 4) is 0 Å². The van der Waals surface area contributed by atoms with Gasteiger partial charge in [-0.25, -0.2) is 8.42 Å². The molecule has 2 aromatic rings. The molecule has 0 aliphatic carbocycles. The van der Waals surface area contributed by atoms with E-state index in [2.05, 4.69) is 0 Å². The molecule has 0 bridgehead atoms. The standard InChI is InChI=1S/C18H19NO3S2/c1-13-10-15-11-14(8-9-17(15)19(13)24(2,21)22)18(20)12-23-16-6-4-3-5-7-16/h3-9,11,13H,10,12H2,1-2H3/t13-/m1/s1. The van der Waals surface area contributed by atoms with Crippen molar-refractivity contribution in [1.82, 2.24) is 0 Å². The molecule has 24 heavy (non-hydrogen) atoms. The Labute approximate surface area is 146 Å². The van der Waals surface area contributed by atoms with Crippen LogP contribution >= 0.6 is 11.8 Å². The van der Waals surface area contributed by atoms with Gasteiger partial charge < -0.3 is 0 Å². The molecule has 4 nitrogen and oxygen atoms in total. The topological polar surface area (TPSA) is 54.5 Å².